The molecule has 0 saturated heterocycles. The highest BCUT2D eigenvalue weighted by molar-refractivity contribution is 9.10. The Hall–Kier alpha value is -3.62. The molecule has 2 aliphatic carbocycles. The first-order chi connectivity index (χ1) is 16.3. The van der Waals surface area contributed by atoms with Gasteiger partial charge in [0.25, 0.3) is 0 Å². The van der Waals surface area contributed by atoms with Gasteiger partial charge in [0.15, 0.2) is 0 Å². The smallest absolute Gasteiger partial charge is 0.135 e. The number of hydrogen-bond donors (Lipinski definition) is 0. The van der Waals surface area contributed by atoms with Gasteiger partial charge in [-0.15, -0.1) is 0 Å². The van der Waals surface area contributed by atoms with E-state index >= 15 is 0 Å². The molecule has 2 heteroatoms. The van der Waals surface area contributed by atoms with E-state index in [2.05, 4.69) is 113 Å². The van der Waals surface area contributed by atoms with Crippen molar-refractivity contribution in [2.24, 2.45) is 0 Å². The number of benzene rings is 5. The van der Waals surface area contributed by atoms with Crippen LogP contribution < -0.4 is 0 Å². The first-order valence-corrected chi connectivity index (χ1v) is 12.0. The highest BCUT2D eigenvalue weighted by Gasteiger charge is 2.53. The van der Waals surface area contributed by atoms with Crippen molar-refractivity contribution in [2.45, 2.75) is 5.41 Å². The maximum Gasteiger partial charge on any atom is 0.135 e. The molecule has 0 saturated carbocycles. The molecule has 6 aromatic rings. The molecule has 0 bridgehead atoms. The summed E-state index contributed by atoms with van der Waals surface area (Å²) >= 11 is 3.89. The Bertz CT molecular complexity index is 1790. The van der Waals surface area contributed by atoms with Crippen LogP contribution in [0, 0.1) is 0 Å². The fraction of sp³-hybridized carbons (Fsp3) is 0.0323. The molecular formula is C31H17BrO. The monoisotopic (exact) mass is 484 g/mol. The summed E-state index contributed by atoms with van der Waals surface area (Å²) in [7, 11) is 0. The van der Waals surface area contributed by atoms with Crippen molar-refractivity contribution < 1.29 is 4.42 Å². The minimum atomic E-state index is -0.381. The Kier molecular flexibility index (Phi) is 3.27. The maximum atomic E-state index is 6.37. The highest BCUT2D eigenvalue weighted by Crippen LogP contribution is 2.65. The molecule has 0 radical (unpaired) electrons. The molecule has 0 fully saturated rings. The van der Waals surface area contributed by atoms with E-state index in [1.54, 1.807) is 0 Å². The standard InChI is InChI=1S/C31H17BrO/c32-25-14-7-13-24-28(25)20-9-2-5-12-23(20)31(24)22-11-4-1-8-18(22)19-16-17-27-29(30(19)31)21-10-3-6-15-26(21)33-27/h1-17H. The average Bonchev–Trinajstić information content (AvgIpc) is 3.48. The lowest BCUT2D eigenvalue weighted by molar-refractivity contribution is 0.668. The third-order valence-corrected chi connectivity index (χ3v) is 8.22. The van der Waals surface area contributed by atoms with E-state index < -0.39 is 0 Å². The van der Waals surface area contributed by atoms with Crippen molar-refractivity contribution >= 4 is 37.9 Å². The Morgan fingerprint density at radius 2 is 1.24 bits per heavy atom. The molecule has 33 heavy (non-hydrogen) atoms. The predicted octanol–water partition coefficient (Wildman–Crippen LogP) is 8.69. The summed E-state index contributed by atoms with van der Waals surface area (Å²) in [6.07, 6.45) is 0. The van der Waals surface area contributed by atoms with E-state index in [1.807, 2.05) is 6.07 Å². The molecule has 1 atom stereocenters. The minimum absolute atomic E-state index is 0.381. The SMILES string of the molecule is Brc1cccc2c1-c1ccccc1C21c2ccccc2-c2ccc3oc4ccccc4c3c21. The number of para-hydroxylation sites is 1. The minimum Gasteiger partial charge on any atom is -0.456 e. The largest absolute Gasteiger partial charge is 0.456 e. The van der Waals surface area contributed by atoms with E-state index in [0.29, 0.717) is 0 Å². The van der Waals surface area contributed by atoms with Crippen LogP contribution in [-0.2, 0) is 5.41 Å². The predicted molar refractivity (Wildman–Crippen MR) is 138 cm³/mol. The Morgan fingerprint density at radius 3 is 2.12 bits per heavy atom. The molecule has 1 unspecified atom stereocenters. The van der Waals surface area contributed by atoms with Gasteiger partial charge in [-0.1, -0.05) is 101 Å². The molecule has 0 N–H and O–H groups in total. The van der Waals surface area contributed by atoms with Crippen molar-refractivity contribution in [3.63, 3.8) is 0 Å². The van der Waals surface area contributed by atoms with Crippen molar-refractivity contribution in [3.8, 4) is 22.3 Å². The van der Waals surface area contributed by atoms with Gasteiger partial charge in [0.1, 0.15) is 11.2 Å². The van der Waals surface area contributed by atoms with Crippen molar-refractivity contribution in [1.82, 2.24) is 0 Å². The average molecular weight is 485 g/mol. The quantitative estimate of drug-likeness (QED) is 0.209. The molecule has 8 rings (SSSR count). The zero-order chi connectivity index (χ0) is 21.7. The van der Waals surface area contributed by atoms with Crippen molar-refractivity contribution in [3.05, 3.63) is 130 Å². The zero-order valence-corrected chi connectivity index (χ0v) is 19.2. The maximum absolute atomic E-state index is 6.37. The lowest BCUT2D eigenvalue weighted by Gasteiger charge is -2.31. The lowest BCUT2D eigenvalue weighted by Crippen LogP contribution is -2.26. The van der Waals surface area contributed by atoms with Crippen LogP contribution in [0.2, 0.25) is 0 Å². The zero-order valence-electron chi connectivity index (χ0n) is 17.6. The molecule has 1 nitrogen and oxygen atoms in total. The molecule has 154 valence electrons. The first-order valence-electron chi connectivity index (χ1n) is 11.2. The van der Waals surface area contributed by atoms with Crippen LogP contribution in [-0.4, -0.2) is 0 Å². The van der Waals surface area contributed by atoms with Gasteiger partial charge in [-0.05, 0) is 57.1 Å². The fourth-order valence-corrected chi connectivity index (χ4v) is 7.03. The van der Waals surface area contributed by atoms with Gasteiger partial charge in [0.2, 0.25) is 0 Å². The van der Waals surface area contributed by atoms with E-state index in [9.17, 15) is 0 Å². The van der Waals surface area contributed by atoms with Gasteiger partial charge in [0.05, 0.1) is 5.41 Å². The summed E-state index contributed by atoms with van der Waals surface area (Å²) in [6, 6.07) is 37.3. The Morgan fingerprint density at radius 1 is 0.545 bits per heavy atom. The third kappa shape index (κ3) is 1.96. The van der Waals surface area contributed by atoms with Crippen LogP contribution in [0.15, 0.2) is 112 Å². The Balaban J connectivity index is 1.69. The summed E-state index contributed by atoms with van der Waals surface area (Å²) in [6.45, 7) is 0. The second kappa shape index (κ2) is 6.03. The van der Waals surface area contributed by atoms with E-state index in [-0.39, 0.29) is 5.41 Å². The third-order valence-electron chi connectivity index (χ3n) is 7.56. The van der Waals surface area contributed by atoms with Gasteiger partial charge >= 0.3 is 0 Å². The number of rotatable bonds is 0. The van der Waals surface area contributed by atoms with Gasteiger partial charge in [-0.25, -0.2) is 0 Å². The Labute approximate surface area is 199 Å². The molecule has 5 aromatic carbocycles. The molecular weight excluding hydrogens is 468 g/mol. The van der Waals surface area contributed by atoms with Crippen LogP contribution in [0.5, 0.6) is 0 Å². The molecule has 1 heterocycles. The summed E-state index contributed by atoms with van der Waals surface area (Å²) in [5, 5.41) is 2.40. The second-order valence-electron chi connectivity index (χ2n) is 8.96. The lowest BCUT2D eigenvalue weighted by atomic mass is 9.69. The molecule has 1 spiro atoms. The summed E-state index contributed by atoms with van der Waals surface area (Å²) in [4.78, 5) is 0. The van der Waals surface area contributed by atoms with Crippen molar-refractivity contribution in [2.75, 3.05) is 0 Å². The second-order valence-corrected chi connectivity index (χ2v) is 9.82. The van der Waals surface area contributed by atoms with Crippen LogP contribution in [0.3, 0.4) is 0 Å². The fourth-order valence-electron chi connectivity index (χ4n) is 6.45. The number of hydrogen-bond acceptors (Lipinski definition) is 1. The van der Waals surface area contributed by atoms with Gasteiger partial charge in [0, 0.05) is 20.8 Å². The van der Waals surface area contributed by atoms with E-state index in [0.717, 1.165) is 15.6 Å². The van der Waals surface area contributed by atoms with E-state index in [1.165, 1.54) is 55.3 Å². The van der Waals surface area contributed by atoms with Gasteiger partial charge in [-0.3, -0.25) is 0 Å². The van der Waals surface area contributed by atoms with Crippen LogP contribution in [0.25, 0.3) is 44.2 Å². The van der Waals surface area contributed by atoms with Gasteiger partial charge < -0.3 is 4.42 Å². The molecule has 2 aliphatic rings. The van der Waals surface area contributed by atoms with Crippen LogP contribution in [0.4, 0.5) is 0 Å². The normalized spacial score (nSPS) is 17.4. The molecule has 1 aromatic heterocycles. The number of fused-ring (bicyclic) bond motifs is 14. The van der Waals surface area contributed by atoms with Crippen LogP contribution in [0.1, 0.15) is 22.3 Å². The van der Waals surface area contributed by atoms with E-state index in [4.69, 9.17) is 4.42 Å². The summed E-state index contributed by atoms with van der Waals surface area (Å²) < 4.78 is 7.51. The summed E-state index contributed by atoms with van der Waals surface area (Å²) in [5.74, 6) is 0. The topological polar surface area (TPSA) is 13.1 Å². The first kappa shape index (κ1) is 17.9. The molecule has 0 amide bonds. The highest BCUT2D eigenvalue weighted by atomic mass is 79.9. The molecule has 0 aliphatic heterocycles. The number of halogens is 1. The summed E-state index contributed by atoms with van der Waals surface area (Å²) in [5.41, 5.74) is 12.1. The number of furan rings is 1. The van der Waals surface area contributed by atoms with Gasteiger partial charge in [-0.2, -0.15) is 0 Å². The van der Waals surface area contributed by atoms with Crippen LogP contribution >= 0.6 is 15.9 Å². The van der Waals surface area contributed by atoms with Crippen molar-refractivity contribution in [1.29, 1.82) is 0 Å².